The highest BCUT2D eigenvalue weighted by atomic mass is 35.5. The first kappa shape index (κ1) is 21.7. The Morgan fingerprint density at radius 1 is 0.871 bits per heavy atom. The Morgan fingerprint density at radius 2 is 1.58 bits per heavy atom. The highest BCUT2D eigenvalue weighted by Crippen LogP contribution is 2.27. The lowest BCUT2D eigenvalue weighted by Crippen LogP contribution is -2.50. The number of aromatic nitrogens is 2. The van der Waals surface area contributed by atoms with E-state index in [1.165, 1.54) is 0 Å². The molecule has 0 unspecified atom stereocenters. The zero-order chi connectivity index (χ0) is 21.8. The SMILES string of the molecule is O=C(COc1cc(Cl)ccc1Cl)N1CCN(c2ccc(-c3ccc(Cl)cc3)nn2)CC1. The monoisotopic (exact) mass is 476 g/mol. The number of halogens is 3. The number of benzene rings is 2. The highest BCUT2D eigenvalue weighted by Gasteiger charge is 2.22. The van der Waals surface area contributed by atoms with Gasteiger partial charge in [0.2, 0.25) is 0 Å². The van der Waals surface area contributed by atoms with Gasteiger partial charge in [-0.15, -0.1) is 10.2 Å². The van der Waals surface area contributed by atoms with Crippen LogP contribution in [0.5, 0.6) is 5.75 Å². The summed E-state index contributed by atoms with van der Waals surface area (Å²) in [7, 11) is 0. The fourth-order valence-electron chi connectivity index (χ4n) is 3.27. The number of nitrogens with zero attached hydrogens (tertiary/aromatic N) is 4. The van der Waals surface area contributed by atoms with Gasteiger partial charge in [-0.3, -0.25) is 4.79 Å². The summed E-state index contributed by atoms with van der Waals surface area (Å²) < 4.78 is 5.55. The van der Waals surface area contributed by atoms with Crippen molar-refractivity contribution < 1.29 is 9.53 Å². The van der Waals surface area contributed by atoms with Crippen LogP contribution >= 0.6 is 34.8 Å². The van der Waals surface area contributed by atoms with Crippen molar-refractivity contribution in [2.24, 2.45) is 0 Å². The Morgan fingerprint density at radius 3 is 2.26 bits per heavy atom. The van der Waals surface area contributed by atoms with Gasteiger partial charge in [-0.2, -0.15) is 0 Å². The molecule has 1 saturated heterocycles. The largest absolute Gasteiger partial charge is 0.482 e. The van der Waals surface area contributed by atoms with Gasteiger partial charge < -0.3 is 14.5 Å². The molecule has 6 nitrogen and oxygen atoms in total. The summed E-state index contributed by atoms with van der Waals surface area (Å²) >= 11 is 18.0. The lowest BCUT2D eigenvalue weighted by Gasteiger charge is -2.35. The average molecular weight is 478 g/mol. The molecule has 9 heteroatoms. The van der Waals surface area contributed by atoms with E-state index >= 15 is 0 Å². The number of carbonyl (C=O) groups excluding carboxylic acids is 1. The molecule has 1 fully saturated rings. The Hall–Kier alpha value is -2.54. The second-order valence-corrected chi connectivity index (χ2v) is 8.29. The summed E-state index contributed by atoms with van der Waals surface area (Å²) in [6.45, 7) is 2.39. The molecule has 0 radical (unpaired) electrons. The number of amides is 1. The number of piperazine rings is 1. The molecule has 1 aromatic heterocycles. The van der Waals surface area contributed by atoms with Crippen molar-refractivity contribution >= 4 is 46.5 Å². The van der Waals surface area contributed by atoms with Gasteiger partial charge in [-0.25, -0.2) is 0 Å². The van der Waals surface area contributed by atoms with E-state index in [0.29, 0.717) is 47.0 Å². The van der Waals surface area contributed by atoms with E-state index in [2.05, 4.69) is 15.1 Å². The predicted octanol–water partition coefficient (Wildman–Crippen LogP) is 4.83. The van der Waals surface area contributed by atoms with Crippen LogP contribution < -0.4 is 9.64 Å². The number of hydrogen-bond acceptors (Lipinski definition) is 5. The van der Waals surface area contributed by atoms with Crippen LogP contribution in [0, 0.1) is 0 Å². The van der Waals surface area contributed by atoms with Crippen LogP contribution in [0.15, 0.2) is 54.6 Å². The minimum atomic E-state index is -0.0973. The molecule has 160 valence electrons. The van der Waals surface area contributed by atoms with Crippen LogP contribution in [0.25, 0.3) is 11.3 Å². The van der Waals surface area contributed by atoms with Crippen molar-refractivity contribution in [3.8, 4) is 17.0 Å². The maximum atomic E-state index is 12.5. The number of carbonyl (C=O) groups is 1. The molecule has 31 heavy (non-hydrogen) atoms. The Balaban J connectivity index is 1.30. The van der Waals surface area contributed by atoms with Crippen molar-refractivity contribution in [1.29, 1.82) is 0 Å². The first-order valence-electron chi connectivity index (χ1n) is 9.70. The second-order valence-electron chi connectivity index (χ2n) is 7.01. The van der Waals surface area contributed by atoms with Crippen molar-refractivity contribution in [2.45, 2.75) is 0 Å². The average Bonchev–Trinajstić information content (AvgIpc) is 2.80. The Bertz CT molecular complexity index is 1050. The molecule has 3 aromatic rings. The normalized spacial score (nSPS) is 13.9. The van der Waals surface area contributed by atoms with Crippen molar-refractivity contribution in [3.05, 3.63) is 69.7 Å². The van der Waals surface area contributed by atoms with Crippen LogP contribution in [0.3, 0.4) is 0 Å². The van der Waals surface area contributed by atoms with Crippen LogP contribution in [0.2, 0.25) is 15.1 Å². The summed E-state index contributed by atoms with van der Waals surface area (Å²) in [5.74, 6) is 1.09. The van der Waals surface area contributed by atoms with E-state index in [1.807, 2.05) is 36.4 Å². The summed E-state index contributed by atoms with van der Waals surface area (Å²) in [5, 5.41) is 10.3. The molecule has 0 spiro atoms. The van der Waals surface area contributed by atoms with E-state index < -0.39 is 0 Å². The van der Waals surface area contributed by atoms with Gasteiger partial charge in [0.15, 0.2) is 12.4 Å². The molecule has 4 rings (SSSR count). The summed E-state index contributed by atoms with van der Waals surface area (Å²) in [5.41, 5.74) is 1.74. The van der Waals surface area contributed by atoms with Gasteiger partial charge in [0.25, 0.3) is 5.91 Å². The molecule has 1 amide bonds. The molecule has 1 aliphatic rings. The van der Waals surface area contributed by atoms with Gasteiger partial charge in [-0.05, 0) is 36.4 Å². The van der Waals surface area contributed by atoms with E-state index in [-0.39, 0.29) is 12.5 Å². The van der Waals surface area contributed by atoms with Gasteiger partial charge in [0, 0.05) is 47.9 Å². The molecular formula is C22H19Cl3N4O2. The summed E-state index contributed by atoms with van der Waals surface area (Å²) in [6.07, 6.45) is 0. The molecule has 2 aromatic carbocycles. The smallest absolute Gasteiger partial charge is 0.260 e. The predicted molar refractivity (Wildman–Crippen MR) is 123 cm³/mol. The lowest BCUT2D eigenvalue weighted by molar-refractivity contribution is -0.133. The highest BCUT2D eigenvalue weighted by molar-refractivity contribution is 6.34. The van der Waals surface area contributed by atoms with Gasteiger partial charge in [0.1, 0.15) is 5.75 Å². The zero-order valence-corrected chi connectivity index (χ0v) is 18.7. The maximum Gasteiger partial charge on any atom is 0.260 e. The van der Waals surface area contributed by atoms with Gasteiger partial charge >= 0.3 is 0 Å². The van der Waals surface area contributed by atoms with Gasteiger partial charge in [0.05, 0.1) is 10.7 Å². The summed E-state index contributed by atoms with van der Waals surface area (Å²) in [6, 6.07) is 16.3. The van der Waals surface area contributed by atoms with E-state index in [1.54, 1.807) is 23.1 Å². The van der Waals surface area contributed by atoms with Crippen LogP contribution in [-0.2, 0) is 4.79 Å². The minimum absolute atomic E-state index is 0.0876. The minimum Gasteiger partial charge on any atom is -0.482 e. The van der Waals surface area contributed by atoms with Crippen molar-refractivity contribution in [2.75, 3.05) is 37.7 Å². The molecule has 1 aliphatic heterocycles. The zero-order valence-electron chi connectivity index (χ0n) is 16.5. The molecule has 2 heterocycles. The Labute approximate surface area is 195 Å². The third kappa shape index (κ3) is 5.39. The number of anilines is 1. The Kier molecular flexibility index (Phi) is 6.80. The lowest BCUT2D eigenvalue weighted by atomic mass is 10.1. The molecule has 0 saturated carbocycles. The van der Waals surface area contributed by atoms with Crippen LogP contribution in [0.1, 0.15) is 0 Å². The molecule has 0 N–H and O–H groups in total. The summed E-state index contributed by atoms with van der Waals surface area (Å²) in [4.78, 5) is 16.4. The second kappa shape index (κ2) is 9.73. The quantitative estimate of drug-likeness (QED) is 0.527. The van der Waals surface area contributed by atoms with Crippen molar-refractivity contribution in [1.82, 2.24) is 15.1 Å². The molecule has 0 bridgehead atoms. The number of ether oxygens (including phenoxy) is 1. The molecular weight excluding hydrogens is 459 g/mol. The topological polar surface area (TPSA) is 58.6 Å². The van der Waals surface area contributed by atoms with E-state index in [9.17, 15) is 4.79 Å². The number of hydrogen-bond donors (Lipinski definition) is 0. The third-order valence-electron chi connectivity index (χ3n) is 4.99. The van der Waals surface area contributed by atoms with Crippen molar-refractivity contribution in [3.63, 3.8) is 0 Å². The fourth-order valence-corrected chi connectivity index (χ4v) is 3.73. The maximum absolute atomic E-state index is 12.5. The third-order valence-corrected chi connectivity index (χ3v) is 5.79. The van der Waals surface area contributed by atoms with Crippen LogP contribution in [0.4, 0.5) is 5.82 Å². The first-order chi connectivity index (χ1) is 15.0. The van der Waals surface area contributed by atoms with E-state index in [4.69, 9.17) is 39.5 Å². The van der Waals surface area contributed by atoms with Crippen LogP contribution in [-0.4, -0.2) is 53.8 Å². The standard InChI is InChI=1S/C22H19Cl3N4O2/c23-16-3-1-15(2-4-16)19-7-8-21(27-26-19)28-9-11-29(12-10-28)22(30)14-31-20-13-17(24)5-6-18(20)25/h1-8,13H,9-12,14H2. The molecule has 0 aliphatic carbocycles. The first-order valence-corrected chi connectivity index (χ1v) is 10.8. The number of rotatable bonds is 5. The fraction of sp³-hybridized carbons (Fsp3) is 0.227. The van der Waals surface area contributed by atoms with Gasteiger partial charge in [-0.1, -0.05) is 46.9 Å². The van der Waals surface area contributed by atoms with E-state index in [0.717, 1.165) is 17.1 Å². The molecule has 0 atom stereocenters.